The van der Waals surface area contributed by atoms with Gasteiger partial charge in [-0.3, -0.25) is 4.48 Å². The van der Waals surface area contributed by atoms with E-state index in [4.69, 9.17) is 9.47 Å². The predicted octanol–water partition coefficient (Wildman–Crippen LogP) is 9.25. The van der Waals surface area contributed by atoms with Gasteiger partial charge in [0.05, 0.1) is 13.7 Å². The standard InChI is InChI=1S/C35H40N3O2/c1-24-12-13-31-32(16-24)37(8)22-38(31,23-37)27-17-26(35(5,6)7)18-30(20-27)39-28-10-9-11-29(21-28)40-33-19-25(14-15-36-33)34(2,3)4/h9-22H,23H2,1-8H3/q+1/t37-,38+/m0/s1. The molecule has 5 nitrogen and oxygen atoms in total. The Bertz CT molecular complexity index is 1600. The van der Waals surface area contributed by atoms with Gasteiger partial charge in [0.2, 0.25) is 5.88 Å². The van der Waals surface area contributed by atoms with Crippen LogP contribution in [0.4, 0.5) is 17.1 Å². The first-order valence-corrected chi connectivity index (χ1v) is 14.1. The molecule has 2 bridgehead atoms. The Balaban J connectivity index is 1.33. The molecule has 3 aliphatic heterocycles. The van der Waals surface area contributed by atoms with Crippen molar-refractivity contribution in [1.82, 2.24) is 14.0 Å². The first-order chi connectivity index (χ1) is 18.7. The van der Waals surface area contributed by atoms with E-state index in [9.17, 15) is 0 Å². The highest BCUT2D eigenvalue weighted by molar-refractivity contribution is 5.84. The fourth-order valence-electron chi connectivity index (χ4n) is 5.91. The van der Waals surface area contributed by atoms with Crippen molar-refractivity contribution < 1.29 is 9.47 Å². The van der Waals surface area contributed by atoms with E-state index >= 15 is 0 Å². The number of hydrogen-bond acceptors (Lipinski definition) is 3. The van der Waals surface area contributed by atoms with Crippen molar-refractivity contribution in [2.45, 2.75) is 59.3 Å². The van der Waals surface area contributed by atoms with E-state index in [1.807, 2.05) is 36.4 Å². The minimum Gasteiger partial charge on any atom is -0.457 e. The third-order valence-electron chi connectivity index (χ3n) is 8.16. The number of rotatable bonds is 5. The Hall–Kier alpha value is -3.67. The number of ether oxygens (including phenoxy) is 2. The molecule has 3 aromatic carbocycles. The minimum absolute atomic E-state index is 0.0205. The maximum absolute atomic E-state index is 6.54. The fourth-order valence-corrected chi connectivity index (χ4v) is 5.91. The molecule has 0 radical (unpaired) electrons. The molecule has 1 fully saturated rings. The van der Waals surface area contributed by atoms with Crippen molar-refractivity contribution in [2.24, 2.45) is 0 Å². The van der Waals surface area contributed by atoms with Crippen molar-refractivity contribution in [2.75, 3.05) is 13.7 Å². The average molecular weight is 535 g/mol. The molecule has 0 spiro atoms. The summed E-state index contributed by atoms with van der Waals surface area (Å²) >= 11 is 0. The zero-order valence-corrected chi connectivity index (χ0v) is 24.9. The van der Waals surface area contributed by atoms with E-state index in [1.54, 1.807) is 6.20 Å². The van der Waals surface area contributed by atoms with Crippen molar-refractivity contribution in [1.29, 1.82) is 0 Å². The molecule has 5 heteroatoms. The fraction of sp³-hybridized carbons (Fsp3) is 0.314. The van der Waals surface area contributed by atoms with Gasteiger partial charge in [0.25, 0.3) is 0 Å². The second-order valence-corrected chi connectivity index (χ2v) is 13.7. The SMILES string of the molecule is Cc1ccc2c(c1)[N@@+]1(C)[CH-][N@+]2(c2cc(Oc3cccc(Oc4cc(C(C)(C)C)ccn4)c3)cc(C(C)(C)C)c2)C1. The highest BCUT2D eigenvalue weighted by atomic mass is 16.5. The van der Waals surface area contributed by atoms with Gasteiger partial charge in [-0.2, -0.15) is 0 Å². The highest BCUT2D eigenvalue weighted by Crippen LogP contribution is 2.61. The molecular formula is C35H40N3O2+. The molecule has 1 aromatic heterocycles. The number of aryl methyl sites for hydroxylation is 1. The Labute approximate surface area is 238 Å². The van der Waals surface area contributed by atoms with Crippen molar-refractivity contribution in [3.05, 3.63) is 102 Å². The second kappa shape index (κ2) is 8.92. The Morgan fingerprint density at radius 2 is 1.43 bits per heavy atom. The molecule has 3 aliphatic rings. The summed E-state index contributed by atoms with van der Waals surface area (Å²) < 4.78 is 14.3. The summed E-state index contributed by atoms with van der Waals surface area (Å²) in [6.07, 6.45) is 1.80. The number of nitrogens with zero attached hydrogens (tertiary/aromatic N) is 3. The zero-order valence-electron chi connectivity index (χ0n) is 24.9. The smallest absolute Gasteiger partial charge is 0.219 e. The molecule has 4 aromatic rings. The molecule has 40 heavy (non-hydrogen) atoms. The van der Waals surface area contributed by atoms with Crippen molar-refractivity contribution >= 4 is 17.1 Å². The van der Waals surface area contributed by atoms with Gasteiger partial charge in [-0.25, -0.2) is 4.98 Å². The van der Waals surface area contributed by atoms with Crippen LogP contribution in [0.15, 0.2) is 79.0 Å². The minimum atomic E-state index is -0.0278. The molecule has 206 valence electrons. The molecular weight excluding hydrogens is 494 g/mol. The Morgan fingerprint density at radius 3 is 2.12 bits per heavy atom. The number of hydrogen-bond donors (Lipinski definition) is 0. The molecule has 4 heterocycles. The first kappa shape index (κ1) is 26.5. The van der Waals surface area contributed by atoms with Gasteiger partial charge in [0.15, 0.2) is 18.0 Å². The van der Waals surface area contributed by atoms with E-state index in [0.29, 0.717) is 11.6 Å². The van der Waals surface area contributed by atoms with Crippen LogP contribution in [0, 0.1) is 13.6 Å². The summed E-state index contributed by atoms with van der Waals surface area (Å²) in [5, 5.41) is 0. The number of quaternary nitrogens is 2. The van der Waals surface area contributed by atoms with Crippen molar-refractivity contribution in [3.8, 4) is 23.1 Å². The number of benzene rings is 3. The maximum atomic E-state index is 6.54. The van der Waals surface area contributed by atoms with E-state index < -0.39 is 0 Å². The van der Waals surface area contributed by atoms with Crippen molar-refractivity contribution in [3.63, 3.8) is 0 Å². The van der Waals surface area contributed by atoms with Crippen LogP contribution in [0.5, 0.6) is 23.1 Å². The van der Waals surface area contributed by atoms with Gasteiger partial charge in [0.1, 0.15) is 22.9 Å². The highest BCUT2D eigenvalue weighted by Gasteiger charge is 2.59. The van der Waals surface area contributed by atoms with E-state index in [0.717, 1.165) is 27.1 Å². The van der Waals surface area contributed by atoms with E-state index in [1.165, 1.54) is 33.8 Å². The summed E-state index contributed by atoms with van der Waals surface area (Å²) in [6.45, 7) is 18.9. The predicted molar refractivity (Wildman–Crippen MR) is 164 cm³/mol. The summed E-state index contributed by atoms with van der Waals surface area (Å²) in [4.78, 5) is 4.43. The summed E-state index contributed by atoms with van der Waals surface area (Å²) in [6, 6.07) is 25.4. The molecule has 0 saturated carbocycles. The first-order valence-electron chi connectivity index (χ1n) is 14.1. The Morgan fingerprint density at radius 1 is 0.725 bits per heavy atom. The number of aromatic nitrogens is 1. The Kier molecular flexibility index (Phi) is 5.92. The topological polar surface area (TPSA) is 31.4 Å². The van der Waals surface area contributed by atoms with E-state index in [-0.39, 0.29) is 10.8 Å². The quantitative estimate of drug-likeness (QED) is 0.189. The average Bonchev–Trinajstić information content (AvgIpc) is 3.25. The monoisotopic (exact) mass is 534 g/mol. The van der Waals surface area contributed by atoms with Crippen LogP contribution < -0.4 is 18.4 Å². The van der Waals surface area contributed by atoms with Crippen LogP contribution >= 0.6 is 0 Å². The normalized spacial score (nSPS) is 21.5. The van der Waals surface area contributed by atoms with Crippen LogP contribution in [-0.2, 0) is 10.8 Å². The molecule has 1 saturated heterocycles. The molecule has 2 atom stereocenters. The van der Waals surface area contributed by atoms with Crippen LogP contribution in [0.1, 0.15) is 58.2 Å². The van der Waals surface area contributed by atoms with Gasteiger partial charge < -0.3 is 14.0 Å². The third-order valence-corrected chi connectivity index (χ3v) is 8.16. The summed E-state index contributed by atoms with van der Waals surface area (Å²) in [7, 11) is 2.30. The summed E-state index contributed by atoms with van der Waals surface area (Å²) in [5.41, 5.74) is 7.69. The lowest BCUT2D eigenvalue weighted by Gasteiger charge is -2.55. The molecule has 0 aliphatic carbocycles. The summed E-state index contributed by atoms with van der Waals surface area (Å²) in [5.74, 6) is 2.83. The van der Waals surface area contributed by atoms with Crippen LogP contribution in [0.2, 0.25) is 0 Å². The molecule has 0 N–H and O–H groups in total. The van der Waals surface area contributed by atoms with Gasteiger partial charge in [-0.05, 0) is 58.7 Å². The zero-order chi connectivity index (χ0) is 28.5. The lowest BCUT2D eigenvalue weighted by Crippen LogP contribution is -2.68. The van der Waals surface area contributed by atoms with E-state index in [2.05, 4.69) is 104 Å². The number of pyridine rings is 1. The van der Waals surface area contributed by atoms with Gasteiger partial charge in [-0.1, -0.05) is 53.7 Å². The lowest BCUT2D eigenvalue weighted by molar-refractivity contribution is 0.157. The lowest BCUT2D eigenvalue weighted by atomic mass is 9.86. The van der Waals surface area contributed by atoms with Crippen LogP contribution in [0.3, 0.4) is 0 Å². The molecule has 0 unspecified atom stereocenters. The molecule has 0 amide bonds. The van der Waals surface area contributed by atoms with Gasteiger partial charge in [-0.15, -0.1) is 0 Å². The van der Waals surface area contributed by atoms with Crippen LogP contribution in [0.25, 0.3) is 0 Å². The maximum Gasteiger partial charge on any atom is 0.219 e. The third kappa shape index (κ3) is 4.57. The largest absolute Gasteiger partial charge is 0.457 e. The molecule has 7 rings (SSSR count). The second-order valence-electron chi connectivity index (χ2n) is 13.7. The van der Waals surface area contributed by atoms with Gasteiger partial charge in [0, 0.05) is 42.6 Å². The van der Waals surface area contributed by atoms with Crippen LogP contribution in [-0.4, -0.2) is 18.7 Å². The van der Waals surface area contributed by atoms with Gasteiger partial charge >= 0.3 is 0 Å².